The number of rotatable bonds is 6. The molecular formula is C18H28ClN3OS. The fourth-order valence-corrected chi connectivity index (χ4v) is 3.44. The van der Waals surface area contributed by atoms with E-state index >= 15 is 0 Å². The summed E-state index contributed by atoms with van der Waals surface area (Å²) in [5.41, 5.74) is 0.545. The molecule has 0 saturated carbocycles. The van der Waals surface area contributed by atoms with Gasteiger partial charge in [-0.3, -0.25) is 9.69 Å². The molecule has 134 valence electrons. The van der Waals surface area contributed by atoms with Gasteiger partial charge in [0.1, 0.15) is 0 Å². The van der Waals surface area contributed by atoms with E-state index in [2.05, 4.69) is 29.8 Å². The summed E-state index contributed by atoms with van der Waals surface area (Å²) in [7, 11) is 0. The Morgan fingerprint density at radius 3 is 2.29 bits per heavy atom. The molecule has 0 fully saturated rings. The third-order valence-electron chi connectivity index (χ3n) is 3.93. The van der Waals surface area contributed by atoms with Crippen LogP contribution >= 0.6 is 23.7 Å². The van der Waals surface area contributed by atoms with E-state index in [1.165, 1.54) is 0 Å². The summed E-state index contributed by atoms with van der Waals surface area (Å²) in [6.45, 7) is 13.7. The summed E-state index contributed by atoms with van der Waals surface area (Å²) in [6, 6.07) is 8.05. The van der Waals surface area contributed by atoms with Crippen LogP contribution in [0.15, 0.2) is 24.3 Å². The highest BCUT2D eigenvalue weighted by Gasteiger charge is 2.30. The van der Waals surface area contributed by atoms with Crippen molar-refractivity contribution in [2.24, 2.45) is 5.41 Å². The molecule has 0 aliphatic rings. The fourth-order valence-electron chi connectivity index (χ4n) is 2.45. The molecule has 0 saturated heterocycles. The molecule has 6 heteroatoms. The second kappa shape index (κ2) is 8.79. The second-order valence-electron chi connectivity index (χ2n) is 6.70. The summed E-state index contributed by atoms with van der Waals surface area (Å²) in [6.07, 6.45) is 0. The van der Waals surface area contributed by atoms with Crippen molar-refractivity contribution >= 4 is 45.0 Å². The van der Waals surface area contributed by atoms with Gasteiger partial charge in [0.15, 0.2) is 5.13 Å². The monoisotopic (exact) mass is 369 g/mol. The number of halogens is 1. The van der Waals surface area contributed by atoms with Gasteiger partial charge < -0.3 is 4.90 Å². The van der Waals surface area contributed by atoms with Gasteiger partial charge in [-0.25, -0.2) is 4.98 Å². The first-order chi connectivity index (χ1) is 10.9. The number of para-hydroxylation sites is 1. The van der Waals surface area contributed by atoms with Crippen LogP contribution in [0.5, 0.6) is 0 Å². The van der Waals surface area contributed by atoms with Crippen molar-refractivity contribution in [1.29, 1.82) is 0 Å². The van der Waals surface area contributed by atoms with E-state index in [0.29, 0.717) is 6.54 Å². The second-order valence-corrected chi connectivity index (χ2v) is 7.71. The van der Waals surface area contributed by atoms with Crippen LogP contribution in [0.2, 0.25) is 0 Å². The van der Waals surface area contributed by atoms with Gasteiger partial charge in [-0.15, -0.1) is 12.4 Å². The molecule has 2 rings (SSSR count). The minimum Gasteiger partial charge on any atom is -0.302 e. The minimum atomic E-state index is -0.416. The Morgan fingerprint density at radius 1 is 1.12 bits per heavy atom. The normalized spacial score (nSPS) is 11.6. The predicted octanol–water partition coefficient (Wildman–Crippen LogP) is 4.44. The first kappa shape index (κ1) is 20.9. The van der Waals surface area contributed by atoms with Crippen molar-refractivity contribution in [2.75, 3.05) is 31.1 Å². The number of aromatic nitrogens is 1. The Morgan fingerprint density at radius 2 is 1.75 bits per heavy atom. The number of carbonyl (C=O) groups excluding carboxylic acids is 1. The van der Waals surface area contributed by atoms with E-state index in [0.717, 1.165) is 35.0 Å². The number of hydrogen-bond donors (Lipinski definition) is 0. The van der Waals surface area contributed by atoms with Gasteiger partial charge in [0, 0.05) is 18.5 Å². The maximum Gasteiger partial charge on any atom is 0.234 e. The predicted molar refractivity (Wildman–Crippen MR) is 106 cm³/mol. The summed E-state index contributed by atoms with van der Waals surface area (Å²) < 4.78 is 1.12. The number of carbonyl (C=O) groups is 1. The van der Waals surface area contributed by atoms with Crippen molar-refractivity contribution in [3.05, 3.63) is 24.3 Å². The summed E-state index contributed by atoms with van der Waals surface area (Å²) in [5.74, 6) is 0.128. The number of nitrogens with zero attached hydrogens (tertiary/aromatic N) is 3. The third kappa shape index (κ3) is 4.91. The topological polar surface area (TPSA) is 36.4 Å². The zero-order chi connectivity index (χ0) is 17.0. The number of thiazole rings is 1. The van der Waals surface area contributed by atoms with Gasteiger partial charge >= 0.3 is 0 Å². The average Bonchev–Trinajstić information content (AvgIpc) is 2.94. The molecule has 1 amide bonds. The molecule has 1 aromatic carbocycles. The van der Waals surface area contributed by atoms with Crippen LogP contribution in [-0.4, -0.2) is 42.0 Å². The van der Waals surface area contributed by atoms with E-state index in [1.807, 2.05) is 43.9 Å². The molecular weight excluding hydrogens is 342 g/mol. The van der Waals surface area contributed by atoms with E-state index in [4.69, 9.17) is 0 Å². The third-order valence-corrected chi connectivity index (χ3v) is 4.99. The number of anilines is 1. The lowest BCUT2D eigenvalue weighted by Crippen LogP contribution is -2.44. The lowest BCUT2D eigenvalue weighted by atomic mass is 9.95. The summed E-state index contributed by atoms with van der Waals surface area (Å²) in [5, 5.41) is 0.804. The maximum atomic E-state index is 12.9. The average molecular weight is 370 g/mol. The molecule has 0 unspecified atom stereocenters. The summed E-state index contributed by atoms with van der Waals surface area (Å²) >= 11 is 1.59. The van der Waals surface area contributed by atoms with Crippen molar-refractivity contribution in [1.82, 2.24) is 9.88 Å². The standard InChI is InChI=1S/C18H27N3OS.ClH/c1-6-20(7-2)12-13-21(16(22)18(3,4)5)17-19-14-10-8-9-11-15(14)23-17;/h8-11H,6-7,12-13H2,1-5H3;1H. The van der Waals surface area contributed by atoms with E-state index < -0.39 is 5.41 Å². The molecule has 0 aliphatic heterocycles. The minimum absolute atomic E-state index is 0. The van der Waals surface area contributed by atoms with Gasteiger partial charge in [0.25, 0.3) is 0 Å². The molecule has 0 radical (unpaired) electrons. The number of hydrogen-bond acceptors (Lipinski definition) is 4. The molecule has 1 heterocycles. The van der Waals surface area contributed by atoms with Gasteiger partial charge in [0.2, 0.25) is 5.91 Å². The maximum absolute atomic E-state index is 12.9. The Hall–Kier alpha value is -1.17. The highest BCUT2D eigenvalue weighted by molar-refractivity contribution is 7.22. The van der Waals surface area contributed by atoms with Crippen LogP contribution in [-0.2, 0) is 4.79 Å². The van der Waals surface area contributed by atoms with Crippen molar-refractivity contribution in [3.8, 4) is 0 Å². The molecule has 0 spiro atoms. The van der Waals surface area contributed by atoms with E-state index in [9.17, 15) is 4.79 Å². The van der Waals surface area contributed by atoms with Gasteiger partial charge in [-0.2, -0.15) is 0 Å². The molecule has 24 heavy (non-hydrogen) atoms. The highest BCUT2D eigenvalue weighted by Crippen LogP contribution is 2.31. The Bertz CT molecular complexity index is 629. The Balaban J connectivity index is 0.00000288. The molecule has 0 aliphatic carbocycles. The number of fused-ring (bicyclic) bond motifs is 1. The first-order valence-electron chi connectivity index (χ1n) is 8.26. The summed E-state index contributed by atoms with van der Waals surface area (Å²) in [4.78, 5) is 21.8. The van der Waals surface area contributed by atoms with Gasteiger partial charge in [0.05, 0.1) is 10.2 Å². The molecule has 0 bridgehead atoms. The zero-order valence-electron chi connectivity index (χ0n) is 15.2. The van der Waals surface area contributed by atoms with E-state index in [-0.39, 0.29) is 18.3 Å². The largest absolute Gasteiger partial charge is 0.302 e. The zero-order valence-corrected chi connectivity index (χ0v) is 16.8. The first-order valence-corrected chi connectivity index (χ1v) is 9.08. The Kier molecular flexibility index (Phi) is 7.64. The van der Waals surface area contributed by atoms with Crippen LogP contribution in [0.1, 0.15) is 34.6 Å². The van der Waals surface area contributed by atoms with Crippen molar-refractivity contribution in [2.45, 2.75) is 34.6 Å². The molecule has 2 aromatic rings. The quantitative estimate of drug-likeness (QED) is 0.755. The lowest BCUT2D eigenvalue weighted by Gasteiger charge is -2.29. The van der Waals surface area contributed by atoms with Crippen LogP contribution in [0, 0.1) is 5.41 Å². The SMILES string of the molecule is CCN(CC)CCN(C(=O)C(C)(C)C)c1nc2ccccc2s1.Cl. The highest BCUT2D eigenvalue weighted by atomic mass is 35.5. The van der Waals surface area contributed by atoms with Crippen LogP contribution in [0.3, 0.4) is 0 Å². The van der Waals surface area contributed by atoms with Crippen LogP contribution in [0.25, 0.3) is 10.2 Å². The fraction of sp³-hybridized carbons (Fsp3) is 0.556. The Labute approximate surface area is 155 Å². The number of amides is 1. The van der Waals surface area contributed by atoms with Gasteiger partial charge in [-0.1, -0.05) is 58.1 Å². The smallest absolute Gasteiger partial charge is 0.234 e. The lowest BCUT2D eigenvalue weighted by molar-refractivity contribution is -0.125. The molecule has 4 nitrogen and oxygen atoms in total. The van der Waals surface area contributed by atoms with Crippen LogP contribution in [0.4, 0.5) is 5.13 Å². The molecule has 0 atom stereocenters. The van der Waals surface area contributed by atoms with Crippen molar-refractivity contribution < 1.29 is 4.79 Å². The van der Waals surface area contributed by atoms with Gasteiger partial charge in [-0.05, 0) is 25.2 Å². The van der Waals surface area contributed by atoms with Crippen molar-refractivity contribution in [3.63, 3.8) is 0 Å². The number of benzene rings is 1. The van der Waals surface area contributed by atoms with E-state index in [1.54, 1.807) is 11.3 Å². The van der Waals surface area contributed by atoms with Crippen LogP contribution < -0.4 is 4.90 Å². The number of likely N-dealkylation sites (N-methyl/N-ethyl adjacent to an activating group) is 1. The molecule has 1 aromatic heterocycles. The molecule has 0 N–H and O–H groups in total.